The lowest BCUT2D eigenvalue weighted by Gasteiger charge is -2.25. The summed E-state index contributed by atoms with van der Waals surface area (Å²) in [5.41, 5.74) is 14.4. The summed E-state index contributed by atoms with van der Waals surface area (Å²) < 4.78 is 0. The molecule has 0 atom stereocenters. The van der Waals surface area contributed by atoms with Crippen LogP contribution in [0, 0.1) is 11.8 Å². The van der Waals surface area contributed by atoms with Gasteiger partial charge >= 0.3 is 5.97 Å². The number of anilines is 2. The zero-order valence-corrected chi connectivity index (χ0v) is 35.9. The van der Waals surface area contributed by atoms with Gasteiger partial charge in [0.05, 0.1) is 18.8 Å². The van der Waals surface area contributed by atoms with Crippen LogP contribution in [0.5, 0.6) is 0 Å². The Morgan fingerprint density at radius 1 is 0.672 bits per heavy atom. The minimum Gasteiger partial charge on any atom is -0.481 e. The van der Waals surface area contributed by atoms with E-state index in [4.69, 9.17) is 10.8 Å². The van der Waals surface area contributed by atoms with E-state index < -0.39 is 5.97 Å². The summed E-state index contributed by atoms with van der Waals surface area (Å²) in [5, 5.41) is 14.9. The summed E-state index contributed by atoms with van der Waals surface area (Å²) in [6.07, 6.45) is 5.38. The van der Waals surface area contributed by atoms with E-state index >= 15 is 0 Å². The lowest BCUT2D eigenvalue weighted by Crippen LogP contribution is -2.36. The van der Waals surface area contributed by atoms with E-state index in [2.05, 4.69) is 100 Å². The van der Waals surface area contributed by atoms with E-state index in [1.54, 1.807) is 4.90 Å². The van der Waals surface area contributed by atoms with Crippen LogP contribution in [0.15, 0.2) is 163 Å². The fraction of sp³-hybridized carbons (Fsp3) is 0.151. The molecule has 310 valence electrons. The molecule has 0 unspecified atom stereocenters. The molecule has 0 saturated carbocycles. The molecule has 0 radical (unpaired) electrons. The van der Waals surface area contributed by atoms with Crippen LogP contribution >= 0.6 is 22.6 Å². The second-order valence-corrected chi connectivity index (χ2v) is 13.6. The first-order valence-corrected chi connectivity index (χ1v) is 21.8. The fourth-order valence-electron chi connectivity index (χ4n) is 6.59. The number of nitrogens with zero attached hydrogens (tertiary/aromatic N) is 1. The van der Waals surface area contributed by atoms with Crippen LogP contribution in [-0.4, -0.2) is 28.5 Å². The number of carboxylic acids is 1. The largest absolute Gasteiger partial charge is 0.481 e. The van der Waals surface area contributed by atoms with Gasteiger partial charge < -0.3 is 21.1 Å². The number of para-hydroxylation sites is 2. The number of amides is 1. The molecule has 2 aliphatic heterocycles. The molecular formula is C53H52IN3O4. The Bertz CT molecular complexity index is 2610. The van der Waals surface area contributed by atoms with Crippen molar-refractivity contribution in [3.8, 4) is 11.8 Å². The van der Waals surface area contributed by atoms with E-state index in [1.807, 2.05) is 121 Å². The van der Waals surface area contributed by atoms with Crippen molar-refractivity contribution in [1.29, 1.82) is 0 Å². The van der Waals surface area contributed by atoms with Gasteiger partial charge in [0.1, 0.15) is 0 Å². The maximum Gasteiger partial charge on any atom is 0.303 e. The molecule has 2 heterocycles. The van der Waals surface area contributed by atoms with Gasteiger partial charge in [-0.2, -0.15) is 0 Å². The number of hydrogen-bond donors (Lipinski definition) is 3. The van der Waals surface area contributed by atoms with Gasteiger partial charge in [0.2, 0.25) is 5.91 Å². The Morgan fingerprint density at radius 2 is 1.18 bits per heavy atom. The highest BCUT2D eigenvalue weighted by Gasteiger charge is 2.19. The van der Waals surface area contributed by atoms with Gasteiger partial charge in [-0.1, -0.05) is 194 Å². The highest BCUT2D eigenvalue weighted by Crippen LogP contribution is 2.26. The molecule has 7 nitrogen and oxygen atoms in total. The topological polar surface area (TPSA) is 113 Å². The number of halogens is 1. The zero-order valence-electron chi connectivity index (χ0n) is 33.8. The normalized spacial score (nSPS) is 11.2. The van der Waals surface area contributed by atoms with Crippen molar-refractivity contribution in [1.82, 2.24) is 0 Å². The number of fused-ring (bicyclic) bond motifs is 6. The first-order chi connectivity index (χ1) is 29.4. The van der Waals surface area contributed by atoms with Crippen molar-refractivity contribution in [2.45, 2.75) is 40.3 Å². The van der Waals surface area contributed by atoms with Gasteiger partial charge in [-0.3, -0.25) is 14.4 Å². The van der Waals surface area contributed by atoms with Crippen molar-refractivity contribution in [2.24, 2.45) is 5.73 Å². The average molecular weight is 922 g/mol. The summed E-state index contributed by atoms with van der Waals surface area (Å²) in [5.74, 6) is 5.51. The molecule has 0 aromatic heterocycles. The van der Waals surface area contributed by atoms with Crippen molar-refractivity contribution in [3.63, 3.8) is 0 Å². The van der Waals surface area contributed by atoms with Crippen LogP contribution in [0.1, 0.15) is 60.6 Å². The maximum atomic E-state index is 12.3. The second-order valence-electron chi connectivity index (χ2n) is 13.6. The lowest BCUT2D eigenvalue weighted by atomic mass is 10.0. The fourth-order valence-corrected chi connectivity index (χ4v) is 6.59. The second kappa shape index (κ2) is 24.5. The lowest BCUT2D eigenvalue weighted by molar-refractivity contribution is -0.137. The number of carbonyl (C=O) groups excluding carboxylic acids is 1. The third kappa shape index (κ3) is 13.0. The molecule has 0 bridgehead atoms. The minimum absolute atomic E-state index is 0. The Labute approximate surface area is 373 Å². The van der Waals surface area contributed by atoms with Crippen LogP contribution in [0.2, 0.25) is 0 Å². The first-order valence-electron chi connectivity index (χ1n) is 19.6. The Kier molecular flexibility index (Phi) is 18.9. The van der Waals surface area contributed by atoms with E-state index in [1.165, 1.54) is 22.4 Å². The molecule has 7 aromatic carbocycles. The monoisotopic (exact) mass is 921 g/mol. The van der Waals surface area contributed by atoms with Crippen LogP contribution < -0.4 is 21.4 Å². The number of aliphatic carboxylic acids is 1. The number of carboxylic acid groups (broad SMARTS) is 1. The van der Waals surface area contributed by atoms with E-state index in [0.29, 0.717) is 13.0 Å². The molecule has 8 heteroatoms. The maximum absolute atomic E-state index is 12.3. The number of nitrogens with one attached hydrogen (secondary N) is 1. The first kappa shape index (κ1) is 47.1. The van der Waals surface area contributed by atoms with Crippen molar-refractivity contribution >= 4 is 79.5 Å². The third-order valence-corrected chi connectivity index (χ3v) is 9.59. The molecule has 7 aromatic rings. The number of carbonyl (C=O) groups is 2. The SMILES string of the molecule is C.C1=Cc2ccccc2NCc2ccccc21.CCCC(=O)O.CI.NCC(=O)N1Cc2ccccc2C#Cc2ccccc21.O=c1c2ccccc2ccc2ccccc12. The Morgan fingerprint density at radius 3 is 1.80 bits per heavy atom. The summed E-state index contributed by atoms with van der Waals surface area (Å²) in [6.45, 7) is 3.22. The Balaban J connectivity index is 0.000000185. The van der Waals surface area contributed by atoms with E-state index in [-0.39, 0.29) is 25.3 Å². The highest BCUT2D eigenvalue weighted by molar-refractivity contribution is 14.1. The summed E-state index contributed by atoms with van der Waals surface area (Å²) in [6, 6.07) is 51.8. The standard InChI is InChI=1S/C17H14N2O.C15H13N.C15H10O.C4H8O2.CH3I.CH4/c18-11-17(20)19-12-15-7-2-1-5-13(15)9-10-14-6-3-4-8-16(14)19;1-2-7-14-11-16-15-8-4-3-6-13(15)10-9-12(14)5-1;16-15-13-7-3-1-5-11(13)9-10-12-6-2-4-8-14(12)15;1-2-3-4(5)6;1-2;/h1-8H,11-12,18H2;1-10,16H,11H2;1-10H;2-3H2,1H3,(H,5,6);1H3;1H4. The van der Waals surface area contributed by atoms with Gasteiger partial charge in [-0.05, 0) is 68.6 Å². The van der Waals surface area contributed by atoms with Crippen LogP contribution in [0.3, 0.4) is 0 Å². The molecule has 4 N–H and O–H groups in total. The average Bonchev–Trinajstić information content (AvgIpc) is 3.42. The highest BCUT2D eigenvalue weighted by atomic mass is 127. The number of benzene rings is 6. The van der Waals surface area contributed by atoms with Gasteiger partial charge in [0.25, 0.3) is 0 Å². The van der Waals surface area contributed by atoms with Crippen LogP contribution in [-0.2, 0) is 22.7 Å². The van der Waals surface area contributed by atoms with Gasteiger partial charge in [-0.25, -0.2) is 0 Å². The zero-order chi connectivity index (χ0) is 42.7. The predicted molar refractivity (Wildman–Crippen MR) is 265 cm³/mol. The van der Waals surface area contributed by atoms with Crippen LogP contribution in [0.4, 0.5) is 11.4 Å². The molecule has 1 amide bonds. The summed E-state index contributed by atoms with van der Waals surface area (Å²) in [7, 11) is 0. The van der Waals surface area contributed by atoms with Gasteiger partial charge in [-0.15, -0.1) is 0 Å². The molecule has 2 aliphatic rings. The van der Waals surface area contributed by atoms with Gasteiger partial charge in [0, 0.05) is 40.6 Å². The van der Waals surface area contributed by atoms with Crippen LogP contribution in [0.25, 0.3) is 33.7 Å². The van der Waals surface area contributed by atoms with Crippen molar-refractivity contribution in [3.05, 3.63) is 201 Å². The Hall–Kier alpha value is -6.54. The van der Waals surface area contributed by atoms with Crippen molar-refractivity contribution < 1.29 is 14.7 Å². The molecule has 0 aliphatic carbocycles. The molecular weight excluding hydrogens is 870 g/mol. The quantitative estimate of drug-likeness (QED) is 0.0924. The third-order valence-electron chi connectivity index (χ3n) is 9.59. The molecule has 61 heavy (non-hydrogen) atoms. The van der Waals surface area contributed by atoms with Gasteiger partial charge in [0.15, 0.2) is 5.43 Å². The number of nitrogens with two attached hydrogens (primary N) is 1. The molecule has 9 rings (SSSR count). The number of alkyl halides is 1. The summed E-state index contributed by atoms with van der Waals surface area (Å²) in [4.78, 5) is 37.7. The summed E-state index contributed by atoms with van der Waals surface area (Å²) >= 11 is 2.15. The number of hydrogen-bond acceptors (Lipinski definition) is 5. The smallest absolute Gasteiger partial charge is 0.303 e. The minimum atomic E-state index is -0.711. The van der Waals surface area contributed by atoms with E-state index in [9.17, 15) is 14.4 Å². The number of rotatable bonds is 3. The predicted octanol–water partition coefficient (Wildman–Crippen LogP) is 11.6. The molecule has 0 fully saturated rings. The van der Waals surface area contributed by atoms with Crippen molar-refractivity contribution in [2.75, 3.05) is 21.7 Å². The van der Waals surface area contributed by atoms with E-state index in [0.717, 1.165) is 56.9 Å². The molecule has 0 saturated heterocycles. The molecule has 0 spiro atoms.